The fourth-order valence-corrected chi connectivity index (χ4v) is 4.03. The van der Waals surface area contributed by atoms with Crippen LogP contribution >= 0.6 is 0 Å². The molecule has 0 unspecified atom stereocenters. The summed E-state index contributed by atoms with van der Waals surface area (Å²) in [5.41, 5.74) is 0.561. The van der Waals surface area contributed by atoms with Crippen molar-refractivity contribution in [3.05, 3.63) is 36.8 Å². The van der Waals surface area contributed by atoms with Crippen LogP contribution in [-0.4, -0.2) is 61.1 Å². The van der Waals surface area contributed by atoms with Crippen molar-refractivity contribution >= 4 is 21.6 Å². The lowest BCUT2D eigenvalue weighted by Crippen LogP contribution is -2.40. The number of benzene rings is 1. The van der Waals surface area contributed by atoms with Gasteiger partial charge in [-0.15, -0.1) is 0 Å². The molecule has 1 fully saturated rings. The average Bonchev–Trinajstić information content (AvgIpc) is 3.13. The minimum absolute atomic E-state index is 0.0634. The second-order valence-corrected chi connectivity index (χ2v) is 7.76. The second-order valence-electron chi connectivity index (χ2n) is 5.88. The number of anilines is 1. The number of morpholine rings is 1. The fraction of sp³-hybridized carbons (Fsp3) is 0.412. The van der Waals surface area contributed by atoms with E-state index in [-0.39, 0.29) is 17.5 Å². The van der Waals surface area contributed by atoms with E-state index in [1.54, 1.807) is 18.2 Å². The van der Waals surface area contributed by atoms with E-state index < -0.39 is 10.0 Å². The Morgan fingerprint density at radius 3 is 2.78 bits per heavy atom. The van der Waals surface area contributed by atoms with Crippen molar-refractivity contribution in [1.29, 1.82) is 0 Å². The van der Waals surface area contributed by atoms with Crippen molar-refractivity contribution in [3.8, 4) is 5.75 Å². The lowest BCUT2D eigenvalue weighted by Gasteiger charge is -2.24. The molecule has 10 heteroatoms. The molecule has 0 saturated carbocycles. The summed E-state index contributed by atoms with van der Waals surface area (Å²) in [7, 11) is -3.68. The van der Waals surface area contributed by atoms with Crippen LogP contribution in [0.3, 0.4) is 0 Å². The summed E-state index contributed by atoms with van der Waals surface area (Å²) >= 11 is 0. The Balaban J connectivity index is 1.66. The summed E-state index contributed by atoms with van der Waals surface area (Å²) in [6.07, 6.45) is 2.69. The molecule has 3 rings (SSSR count). The number of aromatic nitrogens is 2. The van der Waals surface area contributed by atoms with Gasteiger partial charge >= 0.3 is 0 Å². The number of carbonyl (C=O) groups excluding carboxylic acids is 1. The molecule has 0 spiro atoms. The maximum absolute atomic E-state index is 12.6. The van der Waals surface area contributed by atoms with Gasteiger partial charge in [-0.3, -0.25) is 4.79 Å². The predicted octanol–water partition coefficient (Wildman–Crippen LogP) is 0.941. The van der Waals surface area contributed by atoms with Gasteiger partial charge in [0.1, 0.15) is 12.3 Å². The van der Waals surface area contributed by atoms with E-state index in [4.69, 9.17) is 9.47 Å². The fourth-order valence-electron chi connectivity index (χ4n) is 2.69. The van der Waals surface area contributed by atoms with Crippen molar-refractivity contribution in [1.82, 2.24) is 13.9 Å². The van der Waals surface area contributed by atoms with Crippen LogP contribution in [0.4, 0.5) is 5.69 Å². The molecule has 2 heterocycles. The number of para-hydroxylation sites is 2. The SMILES string of the molecule is CCOc1ccccc1NC(=O)Cn1cnc(S(=O)(=O)N2CCOCC2)c1. The quantitative estimate of drug-likeness (QED) is 0.750. The number of carbonyl (C=O) groups is 1. The highest BCUT2D eigenvalue weighted by Gasteiger charge is 2.28. The molecule has 1 saturated heterocycles. The summed E-state index contributed by atoms with van der Waals surface area (Å²) in [5, 5.41) is 2.69. The summed E-state index contributed by atoms with van der Waals surface area (Å²) in [6, 6.07) is 7.12. The number of nitrogens with zero attached hydrogens (tertiary/aromatic N) is 3. The van der Waals surface area contributed by atoms with Crippen LogP contribution in [0.25, 0.3) is 0 Å². The smallest absolute Gasteiger partial charge is 0.262 e. The highest BCUT2D eigenvalue weighted by molar-refractivity contribution is 7.89. The molecule has 1 aromatic carbocycles. The molecule has 0 radical (unpaired) electrons. The lowest BCUT2D eigenvalue weighted by atomic mass is 10.3. The van der Waals surface area contributed by atoms with Crippen LogP contribution in [0.1, 0.15) is 6.92 Å². The molecule has 1 amide bonds. The maximum atomic E-state index is 12.6. The Kier molecular flexibility index (Phi) is 6.09. The minimum Gasteiger partial charge on any atom is -0.492 e. The molecular formula is C17H22N4O5S. The van der Waals surface area contributed by atoms with E-state index >= 15 is 0 Å². The van der Waals surface area contributed by atoms with Gasteiger partial charge in [0.2, 0.25) is 5.91 Å². The number of rotatable bonds is 7. The molecule has 1 aliphatic heterocycles. The van der Waals surface area contributed by atoms with E-state index in [1.165, 1.54) is 21.4 Å². The van der Waals surface area contributed by atoms with Gasteiger partial charge in [0.05, 0.1) is 31.8 Å². The first-order chi connectivity index (χ1) is 13.0. The molecule has 0 aliphatic carbocycles. The maximum Gasteiger partial charge on any atom is 0.262 e. The third-order valence-electron chi connectivity index (χ3n) is 3.97. The van der Waals surface area contributed by atoms with Crippen molar-refractivity contribution in [3.63, 3.8) is 0 Å². The topological polar surface area (TPSA) is 103 Å². The van der Waals surface area contributed by atoms with Crippen LogP contribution in [0.2, 0.25) is 0 Å². The van der Waals surface area contributed by atoms with Crippen molar-refractivity contribution in [2.24, 2.45) is 0 Å². The first kappa shape index (κ1) is 19.3. The molecule has 0 atom stereocenters. The molecule has 1 N–H and O–H groups in total. The second kappa shape index (κ2) is 8.51. The van der Waals surface area contributed by atoms with E-state index in [9.17, 15) is 13.2 Å². The lowest BCUT2D eigenvalue weighted by molar-refractivity contribution is -0.116. The number of ether oxygens (including phenoxy) is 2. The number of imidazole rings is 1. The zero-order chi connectivity index (χ0) is 19.3. The van der Waals surface area contributed by atoms with E-state index in [0.717, 1.165) is 0 Å². The Morgan fingerprint density at radius 1 is 1.30 bits per heavy atom. The van der Waals surface area contributed by atoms with Crippen LogP contribution < -0.4 is 10.1 Å². The molecule has 146 valence electrons. The number of amides is 1. The van der Waals surface area contributed by atoms with Gasteiger partial charge in [-0.25, -0.2) is 13.4 Å². The molecule has 0 bridgehead atoms. The van der Waals surface area contributed by atoms with E-state index in [0.29, 0.717) is 44.3 Å². The van der Waals surface area contributed by atoms with Gasteiger partial charge in [-0.1, -0.05) is 12.1 Å². The average molecular weight is 394 g/mol. The number of hydrogen-bond donors (Lipinski definition) is 1. The highest BCUT2D eigenvalue weighted by atomic mass is 32.2. The number of sulfonamides is 1. The van der Waals surface area contributed by atoms with Gasteiger partial charge < -0.3 is 19.4 Å². The Hall–Kier alpha value is -2.43. The summed E-state index contributed by atoms with van der Waals surface area (Å²) in [4.78, 5) is 16.3. The van der Waals surface area contributed by atoms with Gasteiger partial charge in [0.15, 0.2) is 5.03 Å². The summed E-state index contributed by atoms with van der Waals surface area (Å²) in [6.45, 7) is 3.60. The van der Waals surface area contributed by atoms with Crippen molar-refractivity contribution in [2.45, 2.75) is 18.5 Å². The van der Waals surface area contributed by atoms with Crippen LogP contribution in [0.5, 0.6) is 5.75 Å². The normalized spacial score (nSPS) is 15.4. The van der Waals surface area contributed by atoms with Gasteiger partial charge in [-0.2, -0.15) is 4.31 Å². The molecule has 27 heavy (non-hydrogen) atoms. The zero-order valence-corrected chi connectivity index (χ0v) is 15.8. The first-order valence-electron chi connectivity index (χ1n) is 8.62. The van der Waals surface area contributed by atoms with E-state index in [2.05, 4.69) is 10.3 Å². The van der Waals surface area contributed by atoms with Gasteiger partial charge in [0.25, 0.3) is 10.0 Å². The largest absolute Gasteiger partial charge is 0.492 e. The van der Waals surface area contributed by atoms with Crippen molar-refractivity contribution < 1.29 is 22.7 Å². The summed E-state index contributed by atoms with van der Waals surface area (Å²) < 4.78 is 38.6. The van der Waals surface area contributed by atoms with Gasteiger partial charge in [0, 0.05) is 19.3 Å². The molecule has 1 aliphatic rings. The highest BCUT2D eigenvalue weighted by Crippen LogP contribution is 2.23. The third-order valence-corrected chi connectivity index (χ3v) is 5.76. The standard InChI is InChI=1S/C17H22N4O5S/c1-2-26-15-6-4-3-5-14(15)19-16(22)11-20-12-17(18-13-20)27(23,24)21-7-9-25-10-8-21/h3-6,12-13H,2,7-11H2,1H3,(H,19,22). The van der Waals surface area contributed by atoms with Crippen molar-refractivity contribution in [2.75, 3.05) is 38.2 Å². The number of nitrogens with one attached hydrogen (secondary N) is 1. The Labute approximate surface area is 158 Å². The molecule has 2 aromatic rings. The van der Waals surface area contributed by atoms with Gasteiger partial charge in [-0.05, 0) is 19.1 Å². The third kappa shape index (κ3) is 4.65. The summed E-state index contributed by atoms with van der Waals surface area (Å²) in [5.74, 6) is 0.268. The van der Waals surface area contributed by atoms with Crippen LogP contribution in [0.15, 0.2) is 41.8 Å². The molecule has 1 aromatic heterocycles. The molecule has 9 nitrogen and oxygen atoms in total. The zero-order valence-electron chi connectivity index (χ0n) is 15.0. The van der Waals surface area contributed by atoms with Crippen LogP contribution in [-0.2, 0) is 26.1 Å². The van der Waals surface area contributed by atoms with E-state index in [1.807, 2.05) is 13.0 Å². The Bertz CT molecular complexity index is 890. The predicted molar refractivity (Wildman–Crippen MR) is 98.0 cm³/mol. The first-order valence-corrected chi connectivity index (χ1v) is 10.1. The van der Waals surface area contributed by atoms with Crippen LogP contribution in [0, 0.1) is 0 Å². The Morgan fingerprint density at radius 2 is 2.04 bits per heavy atom. The number of hydrogen-bond acceptors (Lipinski definition) is 6. The monoisotopic (exact) mass is 394 g/mol. The minimum atomic E-state index is -3.68. The molecular weight excluding hydrogens is 372 g/mol.